The zero-order valence-corrected chi connectivity index (χ0v) is 17.0. The Morgan fingerprint density at radius 2 is 1.79 bits per heavy atom. The maximum absolute atomic E-state index is 12.6. The molecule has 4 aromatic rings. The normalized spacial score (nSPS) is 12.4. The second-order valence-electron chi connectivity index (χ2n) is 7.56. The van der Waals surface area contributed by atoms with Gasteiger partial charge in [0.05, 0.1) is 29.7 Å². The van der Waals surface area contributed by atoms with E-state index in [-0.39, 0.29) is 18.4 Å². The Balaban J connectivity index is 1.72. The zero-order chi connectivity index (χ0) is 20.7. The number of rotatable bonds is 4. The standard InChI is InChI=1S/C24H23NO4/c1-13-10-19-22(23-21(13)14(2)12-28-23)15(3)18(24(27)29-19)11-20(26)25-16(4)17-8-6-5-7-9-17/h5-10,12,16H,11H2,1-4H3,(H,25,26)/t16-/m0/s1. The quantitative estimate of drug-likeness (QED) is 0.505. The highest BCUT2D eigenvalue weighted by atomic mass is 16.4. The molecule has 0 radical (unpaired) electrons. The molecule has 0 aliphatic carbocycles. The first-order valence-corrected chi connectivity index (χ1v) is 9.64. The molecule has 1 N–H and O–H groups in total. The van der Waals surface area contributed by atoms with Crippen molar-refractivity contribution in [1.29, 1.82) is 0 Å². The molecule has 5 heteroatoms. The highest BCUT2D eigenvalue weighted by Gasteiger charge is 2.20. The van der Waals surface area contributed by atoms with Crippen LogP contribution in [0, 0.1) is 20.8 Å². The Morgan fingerprint density at radius 1 is 1.07 bits per heavy atom. The summed E-state index contributed by atoms with van der Waals surface area (Å²) in [4.78, 5) is 25.3. The van der Waals surface area contributed by atoms with Crippen LogP contribution in [0.2, 0.25) is 0 Å². The lowest BCUT2D eigenvalue weighted by molar-refractivity contribution is -0.121. The van der Waals surface area contributed by atoms with Crippen LogP contribution in [-0.4, -0.2) is 5.91 Å². The molecule has 0 aliphatic heterocycles. The molecule has 2 heterocycles. The summed E-state index contributed by atoms with van der Waals surface area (Å²) in [5, 5.41) is 4.72. The van der Waals surface area contributed by atoms with Crippen molar-refractivity contribution in [3.63, 3.8) is 0 Å². The van der Waals surface area contributed by atoms with Crippen molar-refractivity contribution in [2.24, 2.45) is 0 Å². The van der Waals surface area contributed by atoms with Gasteiger partial charge in [-0.05, 0) is 56.0 Å². The van der Waals surface area contributed by atoms with Crippen molar-refractivity contribution in [1.82, 2.24) is 5.32 Å². The number of amides is 1. The largest absolute Gasteiger partial charge is 0.463 e. The Hall–Kier alpha value is -3.34. The molecule has 29 heavy (non-hydrogen) atoms. The van der Waals surface area contributed by atoms with E-state index in [1.807, 2.05) is 64.1 Å². The predicted molar refractivity (Wildman–Crippen MR) is 113 cm³/mol. The molecule has 1 amide bonds. The van der Waals surface area contributed by atoms with Gasteiger partial charge in [-0.15, -0.1) is 0 Å². The van der Waals surface area contributed by atoms with Crippen molar-refractivity contribution >= 4 is 27.8 Å². The van der Waals surface area contributed by atoms with Gasteiger partial charge in [0.25, 0.3) is 0 Å². The van der Waals surface area contributed by atoms with E-state index in [0.29, 0.717) is 16.7 Å². The van der Waals surface area contributed by atoms with E-state index in [1.54, 1.807) is 6.26 Å². The smallest absolute Gasteiger partial charge is 0.340 e. The minimum Gasteiger partial charge on any atom is -0.463 e. The molecule has 148 valence electrons. The van der Waals surface area contributed by atoms with Crippen LogP contribution in [0.1, 0.15) is 40.8 Å². The summed E-state index contributed by atoms with van der Waals surface area (Å²) < 4.78 is 11.4. The molecule has 0 aliphatic rings. The monoisotopic (exact) mass is 389 g/mol. The lowest BCUT2D eigenvalue weighted by Gasteiger charge is -2.15. The molecule has 2 aromatic carbocycles. The fraction of sp³-hybridized carbons (Fsp3) is 0.250. The maximum atomic E-state index is 12.6. The SMILES string of the molecule is Cc1coc2c1c(C)cc1oc(=O)c(CC(=O)N[C@@H](C)c3ccccc3)c(C)c12. The van der Waals surface area contributed by atoms with Crippen LogP contribution in [0.3, 0.4) is 0 Å². The van der Waals surface area contributed by atoms with E-state index >= 15 is 0 Å². The summed E-state index contributed by atoms with van der Waals surface area (Å²) in [6, 6.07) is 11.4. The number of fused-ring (bicyclic) bond motifs is 3. The summed E-state index contributed by atoms with van der Waals surface area (Å²) in [5.74, 6) is -0.227. The van der Waals surface area contributed by atoms with Crippen LogP contribution in [0.15, 0.2) is 56.3 Å². The third-order valence-corrected chi connectivity index (χ3v) is 5.48. The Morgan fingerprint density at radius 3 is 2.52 bits per heavy atom. The van der Waals surface area contributed by atoms with Crippen LogP contribution in [0.5, 0.6) is 0 Å². The fourth-order valence-corrected chi connectivity index (χ4v) is 3.96. The summed E-state index contributed by atoms with van der Waals surface area (Å²) in [5.41, 5.74) is 4.79. The molecule has 1 atom stereocenters. The Kier molecular flexibility index (Phi) is 4.74. The molecule has 0 fully saturated rings. The van der Waals surface area contributed by atoms with E-state index in [1.165, 1.54) is 0 Å². The van der Waals surface area contributed by atoms with Crippen molar-refractivity contribution < 1.29 is 13.6 Å². The molecule has 0 bridgehead atoms. The molecule has 5 nitrogen and oxygen atoms in total. The van der Waals surface area contributed by atoms with Gasteiger partial charge in [-0.2, -0.15) is 0 Å². The molecule has 0 saturated heterocycles. The van der Waals surface area contributed by atoms with E-state index in [2.05, 4.69) is 5.32 Å². The van der Waals surface area contributed by atoms with Gasteiger partial charge < -0.3 is 14.2 Å². The van der Waals surface area contributed by atoms with Gasteiger partial charge in [0, 0.05) is 5.39 Å². The summed E-state index contributed by atoms with van der Waals surface area (Å²) >= 11 is 0. The lowest BCUT2D eigenvalue weighted by Crippen LogP contribution is -2.30. The number of carbonyl (C=O) groups is 1. The fourth-order valence-electron chi connectivity index (χ4n) is 3.96. The van der Waals surface area contributed by atoms with Crippen molar-refractivity contribution in [3.05, 3.63) is 80.9 Å². The number of hydrogen-bond acceptors (Lipinski definition) is 4. The van der Waals surface area contributed by atoms with Crippen molar-refractivity contribution in [3.8, 4) is 0 Å². The lowest BCUT2D eigenvalue weighted by atomic mass is 9.98. The van der Waals surface area contributed by atoms with E-state index in [9.17, 15) is 9.59 Å². The number of carbonyl (C=O) groups excluding carboxylic acids is 1. The maximum Gasteiger partial charge on any atom is 0.340 e. The number of benzene rings is 2. The van der Waals surface area contributed by atoms with Gasteiger partial charge in [-0.3, -0.25) is 4.79 Å². The zero-order valence-electron chi connectivity index (χ0n) is 17.0. The van der Waals surface area contributed by atoms with E-state index < -0.39 is 5.63 Å². The molecule has 0 saturated carbocycles. The molecule has 4 rings (SSSR count). The van der Waals surface area contributed by atoms with Crippen LogP contribution < -0.4 is 10.9 Å². The van der Waals surface area contributed by atoms with Crippen molar-refractivity contribution in [2.75, 3.05) is 0 Å². The minimum absolute atomic E-state index is 0.0453. The van der Waals surface area contributed by atoms with Crippen LogP contribution in [0.25, 0.3) is 21.9 Å². The van der Waals surface area contributed by atoms with Gasteiger partial charge in [0.1, 0.15) is 11.2 Å². The molecule has 0 unspecified atom stereocenters. The van der Waals surface area contributed by atoms with Crippen LogP contribution >= 0.6 is 0 Å². The summed E-state index contributed by atoms with van der Waals surface area (Å²) in [6.07, 6.45) is 1.66. The first-order valence-electron chi connectivity index (χ1n) is 9.64. The molecule has 2 aromatic heterocycles. The second kappa shape index (κ2) is 7.24. The molecule has 0 spiro atoms. The van der Waals surface area contributed by atoms with Crippen molar-refractivity contribution in [2.45, 2.75) is 40.2 Å². The highest BCUT2D eigenvalue weighted by molar-refractivity contribution is 6.07. The number of aryl methyl sites for hydroxylation is 3. The van der Waals surface area contributed by atoms with Crippen LogP contribution in [-0.2, 0) is 11.2 Å². The average Bonchev–Trinajstić information content (AvgIpc) is 3.07. The first-order chi connectivity index (χ1) is 13.9. The highest BCUT2D eigenvalue weighted by Crippen LogP contribution is 2.34. The molecular formula is C24H23NO4. The van der Waals surface area contributed by atoms with Gasteiger partial charge in [-0.25, -0.2) is 4.79 Å². The number of hydrogen-bond donors (Lipinski definition) is 1. The Bertz CT molecular complexity index is 1280. The predicted octanol–water partition coefficient (Wildman–Crippen LogP) is 4.88. The third-order valence-electron chi connectivity index (χ3n) is 5.48. The van der Waals surface area contributed by atoms with Gasteiger partial charge in [-0.1, -0.05) is 30.3 Å². The van der Waals surface area contributed by atoms with Crippen LogP contribution in [0.4, 0.5) is 0 Å². The number of nitrogens with one attached hydrogen (secondary N) is 1. The second-order valence-corrected chi connectivity index (χ2v) is 7.56. The Labute approximate surface area is 168 Å². The number of furan rings is 1. The van der Waals surface area contributed by atoms with E-state index in [0.717, 1.165) is 33.0 Å². The minimum atomic E-state index is -0.487. The topological polar surface area (TPSA) is 72.5 Å². The van der Waals surface area contributed by atoms with Gasteiger partial charge in [0.2, 0.25) is 5.91 Å². The summed E-state index contributed by atoms with van der Waals surface area (Å²) in [6.45, 7) is 7.71. The van der Waals surface area contributed by atoms with Gasteiger partial charge >= 0.3 is 5.63 Å². The first kappa shape index (κ1) is 19.0. The summed E-state index contributed by atoms with van der Waals surface area (Å²) in [7, 11) is 0. The van der Waals surface area contributed by atoms with E-state index in [4.69, 9.17) is 8.83 Å². The molecular weight excluding hydrogens is 366 g/mol. The average molecular weight is 389 g/mol. The third kappa shape index (κ3) is 3.33. The van der Waals surface area contributed by atoms with Gasteiger partial charge in [0.15, 0.2) is 0 Å².